The molecule has 1 unspecified atom stereocenters. The van der Waals surface area contributed by atoms with Crippen molar-refractivity contribution in [2.75, 3.05) is 18.1 Å². The number of hydrogen-bond donors (Lipinski definition) is 1. The molecular weight excluding hydrogens is 210 g/mol. The number of nitrogens with one attached hydrogen (secondary N) is 1. The van der Waals surface area contributed by atoms with Gasteiger partial charge in [0.15, 0.2) is 0 Å². The summed E-state index contributed by atoms with van der Waals surface area (Å²) in [5, 5.41) is 3.36. The van der Waals surface area contributed by atoms with Crippen molar-refractivity contribution in [3.63, 3.8) is 0 Å². The van der Waals surface area contributed by atoms with E-state index in [4.69, 9.17) is 0 Å². The van der Waals surface area contributed by atoms with Crippen LogP contribution in [0.5, 0.6) is 0 Å². The van der Waals surface area contributed by atoms with Crippen LogP contribution in [0.4, 0.5) is 0 Å². The van der Waals surface area contributed by atoms with E-state index in [9.17, 15) is 8.42 Å². The second-order valence-corrected chi connectivity index (χ2v) is 6.84. The van der Waals surface area contributed by atoms with Crippen LogP contribution in [0.15, 0.2) is 0 Å². The quantitative estimate of drug-likeness (QED) is 0.698. The maximum absolute atomic E-state index is 11.3. The van der Waals surface area contributed by atoms with Gasteiger partial charge in [0, 0.05) is 11.8 Å². The van der Waals surface area contributed by atoms with Crippen LogP contribution in [-0.4, -0.2) is 32.5 Å². The largest absolute Gasteiger partial charge is 0.314 e. The van der Waals surface area contributed by atoms with Gasteiger partial charge >= 0.3 is 0 Å². The molecule has 0 rings (SSSR count). The Labute approximate surface area is 94.6 Å². The first-order valence-corrected chi connectivity index (χ1v) is 7.67. The van der Waals surface area contributed by atoms with Crippen molar-refractivity contribution >= 4 is 9.84 Å². The summed E-state index contributed by atoms with van der Waals surface area (Å²) in [7, 11) is -2.79. The zero-order valence-corrected chi connectivity index (χ0v) is 11.2. The summed E-state index contributed by atoms with van der Waals surface area (Å²) in [4.78, 5) is 0. The average Bonchev–Trinajstić information content (AvgIpc) is 2.18. The average molecular weight is 235 g/mol. The summed E-state index contributed by atoms with van der Waals surface area (Å²) in [6, 6.07) is 0.474. The first-order valence-electron chi connectivity index (χ1n) is 5.85. The second-order valence-electron chi connectivity index (χ2n) is 4.36. The Bertz CT molecular complexity index is 247. The fourth-order valence-corrected chi connectivity index (χ4v) is 2.32. The summed E-state index contributed by atoms with van der Waals surface area (Å²) < 4.78 is 22.7. The van der Waals surface area contributed by atoms with Crippen LogP contribution in [0.25, 0.3) is 0 Å². The van der Waals surface area contributed by atoms with Gasteiger partial charge in [0.1, 0.15) is 9.84 Å². The normalized spacial score (nSPS) is 14.5. The second kappa shape index (κ2) is 7.23. The number of sulfone groups is 1. The fourth-order valence-electron chi connectivity index (χ4n) is 1.34. The predicted octanol–water partition coefficient (Wildman–Crippen LogP) is 1.84. The van der Waals surface area contributed by atoms with Crippen molar-refractivity contribution < 1.29 is 8.42 Å². The highest BCUT2D eigenvalue weighted by Crippen LogP contribution is 2.09. The molecule has 0 heterocycles. The topological polar surface area (TPSA) is 46.2 Å². The van der Waals surface area contributed by atoms with Crippen LogP contribution in [0.1, 0.15) is 40.5 Å². The Morgan fingerprint density at radius 2 is 1.80 bits per heavy atom. The van der Waals surface area contributed by atoms with E-state index in [-0.39, 0.29) is 5.75 Å². The molecule has 15 heavy (non-hydrogen) atoms. The minimum Gasteiger partial charge on any atom is -0.314 e. The molecule has 0 saturated heterocycles. The van der Waals surface area contributed by atoms with Gasteiger partial charge in [-0.15, -0.1) is 0 Å². The van der Waals surface area contributed by atoms with E-state index < -0.39 is 9.84 Å². The molecule has 0 aliphatic heterocycles. The Morgan fingerprint density at radius 3 is 2.20 bits per heavy atom. The standard InChI is InChI=1S/C11H25NO2S/c1-5-11(9-12-10(3)4)7-8-15(13,14)6-2/h10-12H,5-9H2,1-4H3. The van der Waals surface area contributed by atoms with Crippen molar-refractivity contribution in [3.05, 3.63) is 0 Å². The van der Waals surface area contributed by atoms with Gasteiger partial charge in [-0.2, -0.15) is 0 Å². The Balaban J connectivity index is 3.90. The van der Waals surface area contributed by atoms with Gasteiger partial charge in [-0.05, 0) is 18.9 Å². The SMILES string of the molecule is CCC(CCS(=O)(=O)CC)CNC(C)C. The summed E-state index contributed by atoms with van der Waals surface area (Å²) in [5.41, 5.74) is 0. The molecule has 1 atom stereocenters. The van der Waals surface area contributed by atoms with Gasteiger partial charge in [-0.1, -0.05) is 34.1 Å². The molecule has 0 saturated carbocycles. The summed E-state index contributed by atoms with van der Waals surface area (Å²) in [6.07, 6.45) is 1.82. The van der Waals surface area contributed by atoms with Crippen molar-refractivity contribution in [1.82, 2.24) is 5.32 Å². The lowest BCUT2D eigenvalue weighted by Crippen LogP contribution is -2.29. The lowest BCUT2D eigenvalue weighted by Gasteiger charge is -2.17. The Hall–Kier alpha value is -0.0900. The maximum Gasteiger partial charge on any atom is 0.150 e. The molecule has 4 heteroatoms. The lowest BCUT2D eigenvalue weighted by molar-refractivity contribution is 0.427. The summed E-state index contributed by atoms with van der Waals surface area (Å²) >= 11 is 0. The van der Waals surface area contributed by atoms with E-state index in [0.717, 1.165) is 19.4 Å². The third-order valence-electron chi connectivity index (χ3n) is 2.67. The molecule has 0 aromatic carbocycles. The molecule has 92 valence electrons. The zero-order valence-electron chi connectivity index (χ0n) is 10.4. The van der Waals surface area contributed by atoms with Gasteiger partial charge in [-0.25, -0.2) is 8.42 Å². The smallest absolute Gasteiger partial charge is 0.150 e. The van der Waals surface area contributed by atoms with Crippen LogP contribution in [0.3, 0.4) is 0 Å². The highest BCUT2D eigenvalue weighted by atomic mass is 32.2. The van der Waals surface area contributed by atoms with Crippen LogP contribution in [0, 0.1) is 5.92 Å². The highest BCUT2D eigenvalue weighted by molar-refractivity contribution is 7.91. The molecule has 0 spiro atoms. The lowest BCUT2D eigenvalue weighted by atomic mass is 10.0. The van der Waals surface area contributed by atoms with Crippen LogP contribution in [-0.2, 0) is 9.84 Å². The number of rotatable bonds is 8. The summed E-state index contributed by atoms with van der Waals surface area (Å²) in [5.74, 6) is 1.08. The molecule has 3 nitrogen and oxygen atoms in total. The predicted molar refractivity (Wildman–Crippen MR) is 65.9 cm³/mol. The molecule has 1 N–H and O–H groups in total. The van der Waals surface area contributed by atoms with Gasteiger partial charge in [-0.3, -0.25) is 0 Å². The van der Waals surface area contributed by atoms with E-state index in [1.54, 1.807) is 6.92 Å². The van der Waals surface area contributed by atoms with E-state index in [1.165, 1.54) is 0 Å². The van der Waals surface area contributed by atoms with E-state index in [0.29, 0.717) is 17.7 Å². The molecule has 0 fully saturated rings. The van der Waals surface area contributed by atoms with Crippen LogP contribution >= 0.6 is 0 Å². The molecule has 0 aliphatic carbocycles. The van der Waals surface area contributed by atoms with E-state index >= 15 is 0 Å². The monoisotopic (exact) mass is 235 g/mol. The Morgan fingerprint density at radius 1 is 1.20 bits per heavy atom. The van der Waals surface area contributed by atoms with Crippen molar-refractivity contribution in [3.8, 4) is 0 Å². The van der Waals surface area contributed by atoms with Gasteiger partial charge in [0.05, 0.1) is 5.75 Å². The first-order chi connectivity index (χ1) is 6.91. The molecular formula is C11H25NO2S. The molecule has 0 aromatic heterocycles. The van der Waals surface area contributed by atoms with Crippen LogP contribution < -0.4 is 5.32 Å². The molecule has 0 radical (unpaired) electrons. The van der Waals surface area contributed by atoms with Crippen molar-refractivity contribution in [1.29, 1.82) is 0 Å². The van der Waals surface area contributed by atoms with E-state index in [1.807, 2.05) is 0 Å². The fraction of sp³-hybridized carbons (Fsp3) is 1.00. The van der Waals surface area contributed by atoms with Crippen LogP contribution in [0.2, 0.25) is 0 Å². The molecule has 0 amide bonds. The zero-order chi connectivity index (χ0) is 11.9. The molecule has 0 aliphatic rings. The van der Waals surface area contributed by atoms with Gasteiger partial charge in [0.2, 0.25) is 0 Å². The van der Waals surface area contributed by atoms with Crippen molar-refractivity contribution in [2.24, 2.45) is 5.92 Å². The minimum absolute atomic E-state index is 0.265. The van der Waals surface area contributed by atoms with E-state index in [2.05, 4.69) is 26.1 Å². The Kier molecular flexibility index (Phi) is 7.18. The third-order valence-corrected chi connectivity index (χ3v) is 4.41. The number of hydrogen-bond acceptors (Lipinski definition) is 3. The van der Waals surface area contributed by atoms with Gasteiger partial charge in [0.25, 0.3) is 0 Å². The maximum atomic E-state index is 11.3. The summed E-state index contributed by atoms with van der Waals surface area (Å²) in [6.45, 7) is 8.96. The highest BCUT2D eigenvalue weighted by Gasteiger charge is 2.12. The first kappa shape index (κ1) is 14.9. The minimum atomic E-state index is -2.79. The van der Waals surface area contributed by atoms with Gasteiger partial charge < -0.3 is 5.32 Å². The molecule has 0 bridgehead atoms. The third kappa shape index (κ3) is 7.79. The van der Waals surface area contributed by atoms with Crippen molar-refractivity contribution in [2.45, 2.75) is 46.6 Å². The molecule has 0 aromatic rings.